The van der Waals surface area contributed by atoms with E-state index < -0.39 is 0 Å². The molecule has 9 heteroatoms. The minimum absolute atomic E-state index is 0.234. The van der Waals surface area contributed by atoms with Crippen LogP contribution in [0.5, 0.6) is 0 Å². The number of nitrogens with zero attached hydrogens (tertiary/aromatic N) is 7. The van der Waals surface area contributed by atoms with Crippen LogP contribution >= 0.6 is 11.3 Å². The maximum absolute atomic E-state index is 5.76. The Hall–Kier alpha value is -3.07. The summed E-state index contributed by atoms with van der Waals surface area (Å²) in [7, 11) is 1.92. The largest absolute Gasteiger partial charge is 0.374 e. The van der Waals surface area contributed by atoms with Crippen LogP contribution in [0.4, 0.5) is 5.13 Å². The Morgan fingerprint density at radius 1 is 1.12 bits per heavy atom. The van der Waals surface area contributed by atoms with Crippen LogP contribution in [-0.2, 0) is 7.05 Å². The molecule has 3 heterocycles. The van der Waals surface area contributed by atoms with Gasteiger partial charge in [0, 0.05) is 19.4 Å². The van der Waals surface area contributed by atoms with Crippen LogP contribution in [0.1, 0.15) is 16.6 Å². The second-order valence-electron chi connectivity index (χ2n) is 5.24. The van der Waals surface area contributed by atoms with Crippen LogP contribution in [0, 0.1) is 0 Å². The number of nitrogens with two attached hydrogens (primary N) is 1. The number of rotatable bonds is 4. The van der Waals surface area contributed by atoms with Crippen molar-refractivity contribution in [3.63, 3.8) is 0 Å². The van der Waals surface area contributed by atoms with Crippen molar-refractivity contribution in [3.8, 4) is 11.5 Å². The molecule has 0 bridgehead atoms. The van der Waals surface area contributed by atoms with E-state index >= 15 is 0 Å². The van der Waals surface area contributed by atoms with Gasteiger partial charge in [-0.3, -0.25) is 0 Å². The van der Waals surface area contributed by atoms with E-state index in [0.717, 1.165) is 16.4 Å². The maximum atomic E-state index is 5.76. The molecule has 0 spiro atoms. The van der Waals surface area contributed by atoms with Gasteiger partial charge in [-0.15, -0.1) is 15.3 Å². The number of nitrogen functional groups attached to an aromatic ring is 1. The molecule has 0 saturated carbocycles. The van der Waals surface area contributed by atoms with Crippen molar-refractivity contribution >= 4 is 16.5 Å². The molecule has 120 valence electrons. The third kappa shape index (κ3) is 2.54. The van der Waals surface area contributed by atoms with Crippen LogP contribution in [0.25, 0.3) is 11.5 Å². The molecule has 0 radical (unpaired) electrons. The Balaban J connectivity index is 1.80. The van der Waals surface area contributed by atoms with Gasteiger partial charge in [-0.1, -0.05) is 46.9 Å². The van der Waals surface area contributed by atoms with E-state index in [1.807, 2.05) is 54.3 Å². The fourth-order valence-corrected chi connectivity index (χ4v) is 3.25. The number of benzene rings is 1. The number of hydrogen-bond acceptors (Lipinski definition) is 7. The smallest absolute Gasteiger partial charge is 0.203 e. The zero-order chi connectivity index (χ0) is 16.5. The second kappa shape index (κ2) is 5.85. The van der Waals surface area contributed by atoms with Gasteiger partial charge in [0.2, 0.25) is 5.13 Å². The molecule has 1 atom stereocenters. The molecule has 0 aliphatic rings. The first-order chi connectivity index (χ1) is 11.7. The summed E-state index contributed by atoms with van der Waals surface area (Å²) in [5, 5.41) is 17.8. The Morgan fingerprint density at radius 2 is 1.96 bits per heavy atom. The first-order valence-corrected chi connectivity index (χ1v) is 8.07. The van der Waals surface area contributed by atoms with E-state index in [-0.39, 0.29) is 6.04 Å². The summed E-state index contributed by atoms with van der Waals surface area (Å²) in [6, 6.07) is 9.72. The average Bonchev–Trinajstić information content (AvgIpc) is 3.31. The Kier molecular flexibility index (Phi) is 3.54. The van der Waals surface area contributed by atoms with Gasteiger partial charge in [0.1, 0.15) is 16.7 Å². The molecule has 0 unspecified atom stereocenters. The summed E-state index contributed by atoms with van der Waals surface area (Å²) in [5.74, 6) is 0.754. The lowest BCUT2D eigenvalue weighted by Gasteiger charge is -2.13. The van der Waals surface area contributed by atoms with Crippen LogP contribution in [-0.4, -0.2) is 34.7 Å². The third-order valence-electron chi connectivity index (χ3n) is 3.63. The molecule has 1 aromatic carbocycles. The number of imidazole rings is 1. The van der Waals surface area contributed by atoms with E-state index in [9.17, 15) is 0 Å². The van der Waals surface area contributed by atoms with Gasteiger partial charge in [-0.05, 0) is 5.56 Å². The fraction of sp³-hybridized carbons (Fsp3) is 0.133. The average molecular weight is 338 g/mol. The summed E-state index contributed by atoms with van der Waals surface area (Å²) >= 11 is 1.34. The number of hydrogen-bond donors (Lipinski definition) is 1. The van der Waals surface area contributed by atoms with Crippen molar-refractivity contribution in [2.75, 3.05) is 5.73 Å². The van der Waals surface area contributed by atoms with Crippen molar-refractivity contribution in [2.24, 2.45) is 7.05 Å². The molecule has 8 nitrogen and oxygen atoms in total. The number of aryl methyl sites for hydroxylation is 1. The maximum Gasteiger partial charge on any atom is 0.203 e. The van der Waals surface area contributed by atoms with Crippen molar-refractivity contribution in [1.29, 1.82) is 0 Å². The predicted molar refractivity (Wildman–Crippen MR) is 90.2 cm³/mol. The predicted octanol–water partition coefficient (Wildman–Crippen LogP) is 1.75. The lowest BCUT2D eigenvalue weighted by Crippen LogP contribution is -2.13. The quantitative estimate of drug-likeness (QED) is 0.608. The Morgan fingerprint density at radius 3 is 2.62 bits per heavy atom. The second-order valence-corrected chi connectivity index (χ2v) is 6.28. The molecule has 4 aromatic rings. The molecular formula is C15H14N8S. The fourth-order valence-electron chi connectivity index (χ4n) is 2.52. The van der Waals surface area contributed by atoms with Crippen molar-refractivity contribution < 1.29 is 0 Å². The summed E-state index contributed by atoms with van der Waals surface area (Å²) < 4.78 is 3.66. The minimum atomic E-state index is -0.234. The summed E-state index contributed by atoms with van der Waals surface area (Å²) in [6.07, 6.45) is 5.46. The van der Waals surface area contributed by atoms with E-state index in [1.54, 1.807) is 10.9 Å². The monoisotopic (exact) mass is 338 g/mol. The van der Waals surface area contributed by atoms with E-state index in [1.165, 1.54) is 11.3 Å². The number of aromatic nitrogens is 7. The van der Waals surface area contributed by atoms with Crippen molar-refractivity contribution in [2.45, 2.75) is 6.04 Å². The Labute approximate surface area is 141 Å². The highest BCUT2D eigenvalue weighted by atomic mass is 32.1. The molecule has 3 aromatic heterocycles. The van der Waals surface area contributed by atoms with Gasteiger partial charge in [-0.25, -0.2) is 9.67 Å². The van der Waals surface area contributed by atoms with Gasteiger partial charge in [0.05, 0.1) is 6.20 Å². The molecule has 0 aliphatic heterocycles. The molecular weight excluding hydrogens is 324 g/mol. The molecule has 24 heavy (non-hydrogen) atoms. The van der Waals surface area contributed by atoms with Crippen LogP contribution in [0.3, 0.4) is 0 Å². The normalized spacial score (nSPS) is 12.4. The highest BCUT2D eigenvalue weighted by Crippen LogP contribution is 2.29. The lowest BCUT2D eigenvalue weighted by molar-refractivity contribution is 0.565. The standard InChI is InChI=1S/C15H14N8S/c1-22-8-7-17-13(22)11-9-23(21-18-11)12(10-5-3-2-4-6-10)14-19-20-15(16)24-14/h2-9,12H,1H3,(H2,16,20)/t12-/m0/s1. The van der Waals surface area contributed by atoms with Gasteiger partial charge >= 0.3 is 0 Å². The first-order valence-electron chi connectivity index (χ1n) is 7.26. The van der Waals surface area contributed by atoms with Crippen molar-refractivity contribution in [1.82, 2.24) is 34.7 Å². The molecule has 0 aliphatic carbocycles. The minimum Gasteiger partial charge on any atom is -0.374 e. The van der Waals surface area contributed by atoms with Crippen molar-refractivity contribution in [3.05, 3.63) is 59.5 Å². The molecule has 0 fully saturated rings. The molecule has 0 saturated heterocycles. The van der Waals surface area contributed by atoms with Crippen LogP contribution in [0.15, 0.2) is 48.9 Å². The first kappa shape index (κ1) is 14.5. The summed E-state index contributed by atoms with van der Waals surface area (Å²) in [6.45, 7) is 0. The summed E-state index contributed by atoms with van der Waals surface area (Å²) in [4.78, 5) is 4.31. The zero-order valence-corrected chi connectivity index (χ0v) is 13.6. The van der Waals surface area contributed by atoms with E-state index in [4.69, 9.17) is 5.73 Å². The van der Waals surface area contributed by atoms with Crippen LogP contribution in [0.2, 0.25) is 0 Å². The highest BCUT2D eigenvalue weighted by Gasteiger charge is 2.23. The van der Waals surface area contributed by atoms with Gasteiger partial charge in [-0.2, -0.15) is 0 Å². The zero-order valence-electron chi connectivity index (χ0n) is 12.8. The van der Waals surface area contributed by atoms with Crippen LogP contribution < -0.4 is 5.73 Å². The van der Waals surface area contributed by atoms with E-state index in [0.29, 0.717) is 10.8 Å². The third-order valence-corrected chi connectivity index (χ3v) is 4.44. The number of anilines is 1. The topological polar surface area (TPSA) is 100 Å². The molecule has 2 N–H and O–H groups in total. The van der Waals surface area contributed by atoms with Gasteiger partial charge in [0.25, 0.3) is 0 Å². The molecule has 4 rings (SSSR count). The van der Waals surface area contributed by atoms with Gasteiger partial charge < -0.3 is 10.3 Å². The molecule has 0 amide bonds. The lowest BCUT2D eigenvalue weighted by atomic mass is 10.1. The SMILES string of the molecule is Cn1ccnc1-c1cn([C@@H](c2ccccc2)c2nnc(N)s2)nn1. The summed E-state index contributed by atoms with van der Waals surface area (Å²) in [5.41, 5.74) is 7.49. The van der Waals surface area contributed by atoms with Gasteiger partial charge in [0.15, 0.2) is 5.82 Å². The highest BCUT2D eigenvalue weighted by molar-refractivity contribution is 7.15. The van der Waals surface area contributed by atoms with E-state index in [2.05, 4.69) is 25.5 Å². The Bertz CT molecular complexity index is 955.